The van der Waals surface area contributed by atoms with Gasteiger partial charge in [-0.3, -0.25) is 18.9 Å². The number of nitrogens with one attached hydrogen (secondary N) is 1. The summed E-state index contributed by atoms with van der Waals surface area (Å²) in [6, 6.07) is 9.74. The largest absolute Gasteiger partial charge is 0.366 e. The molecule has 0 unspecified atom stereocenters. The molecule has 3 aliphatic rings. The zero-order valence-corrected chi connectivity index (χ0v) is 24.0. The molecule has 1 N–H and O–H groups in total. The lowest BCUT2D eigenvalue weighted by molar-refractivity contribution is 0.0501. The van der Waals surface area contributed by atoms with Crippen LogP contribution in [0.15, 0.2) is 52.3 Å². The summed E-state index contributed by atoms with van der Waals surface area (Å²) in [5.41, 5.74) is 3.16. The molecule has 11 heteroatoms. The van der Waals surface area contributed by atoms with Gasteiger partial charge >= 0.3 is 5.69 Å². The molecule has 0 radical (unpaired) electrons. The minimum absolute atomic E-state index is 0.0498. The third kappa shape index (κ3) is 4.79. The molecule has 1 aromatic carbocycles. The van der Waals surface area contributed by atoms with Gasteiger partial charge in [-0.25, -0.2) is 13.6 Å². The van der Waals surface area contributed by atoms with E-state index < -0.39 is 23.1 Å². The van der Waals surface area contributed by atoms with Crippen molar-refractivity contribution in [3.63, 3.8) is 0 Å². The summed E-state index contributed by atoms with van der Waals surface area (Å²) in [6.07, 6.45) is 4.53. The van der Waals surface area contributed by atoms with E-state index in [9.17, 15) is 18.4 Å². The van der Waals surface area contributed by atoms with Crippen LogP contribution in [0.4, 0.5) is 14.5 Å². The second-order valence-corrected chi connectivity index (χ2v) is 13.1. The summed E-state index contributed by atoms with van der Waals surface area (Å²) in [4.78, 5) is 33.9. The zero-order chi connectivity index (χ0) is 28.3. The maximum absolute atomic E-state index is 13.6. The number of benzene rings is 1. The standard InChI is InChI=1S/C30H30ClF2N5O2S/c31-19-12-18-2-1-10-37(20-3-8-34-15-20)26(18)23(13-19)22-4-9-35-24-14-21(41-27(22)24)16-38-25(39)5-11-36(29(38)40)17-30(6-7-30)28(32)33/h4-5,9,11-14,20,28,34H,1-3,6-8,10,15-17H2/t20-/m0/s1. The Bertz CT molecular complexity index is 1760. The molecule has 0 bridgehead atoms. The third-order valence-electron chi connectivity index (χ3n) is 8.81. The highest BCUT2D eigenvalue weighted by Gasteiger charge is 2.51. The number of anilines is 1. The molecular formula is C30H30ClF2N5O2S. The number of rotatable bonds is 7. The first-order valence-electron chi connectivity index (χ1n) is 14.1. The van der Waals surface area contributed by atoms with Gasteiger partial charge in [0.25, 0.3) is 5.56 Å². The van der Waals surface area contributed by atoms with Crippen molar-refractivity contribution in [2.45, 2.75) is 57.7 Å². The van der Waals surface area contributed by atoms with Gasteiger partial charge < -0.3 is 10.2 Å². The van der Waals surface area contributed by atoms with Crippen LogP contribution < -0.4 is 21.5 Å². The molecule has 5 heterocycles. The Morgan fingerprint density at radius 2 is 2.02 bits per heavy atom. The maximum atomic E-state index is 13.6. The molecule has 4 aromatic rings. The number of nitrogens with zero attached hydrogens (tertiary/aromatic N) is 4. The van der Waals surface area contributed by atoms with Gasteiger partial charge in [-0.1, -0.05) is 11.6 Å². The monoisotopic (exact) mass is 597 g/mol. The average Bonchev–Trinajstić information content (AvgIpc) is 3.34. The van der Waals surface area contributed by atoms with Crippen molar-refractivity contribution in [3.05, 3.63) is 79.0 Å². The second kappa shape index (κ2) is 10.3. The molecule has 1 aliphatic carbocycles. The molecule has 1 atom stereocenters. The SMILES string of the molecule is O=c1ccn(CC2(C(F)F)CC2)c(=O)n1Cc1cc2nccc(-c3cc(Cl)cc4c3N([C@H]3CCNC3)CCC4)c2s1. The summed E-state index contributed by atoms with van der Waals surface area (Å²) >= 11 is 8.15. The first-order valence-corrected chi connectivity index (χ1v) is 15.3. The topological polar surface area (TPSA) is 72.2 Å². The van der Waals surface area contributed by atoms with E-state index in [1.54, 1.807) is 6.20 Å². The van der Waals surface area contributed by atoms with Crippen molar-refractivity contribution < 1.29 is 8.78 Å². The molecule has 7 rings (SSSR count). The number of hydrogen-bond acceptors (Lipinski definition) is 6. The molecule has 214 valence electrons. The van der Waals surface area contributed by atoms with Crippen molar-refractivity contribution in [2.75, 3.05) is 24.5 Å². The van der Waals surface area contributed by atoms with E-state index in [-0.39, 0.29) is 13.1 Å². The molecule has 0 spiro atoms. The van der Waals surface area contributed by atoms with Gasteiger partial charge in [0.2, 0.25) is 6.43 Å². The zero-order valence-electron chi connectivity index (χ0n) is 22.4. The highest BCUT2D eigenvalue weighted by molar-refractivity contribution is 7.19. The summed E-state index contributed by atoms with van der Waals surface area (Å²) in [6.45, 7) is 2.92. The molecule has 2 aliphatic heterocycles. The maximum Gasteiger partial charge on any atom is 0.331 e. The lowest BCUT2D eigenvalue weighted by Crippen LogP contribution is -2.41. The Hall–Kier alpha value is -3.08. The van der Waals surface area contributed by atoms with Crippen molar-refractivity contribution in [2.24, 2.45) is 5.41 Å². The lowest BCUT2D eigenvalue weighted by atomic mass is 9.92. The number of fused-ring (bicyclic) bond motifs is 2. The van der Waals surface area contributed by atoms with E-state index in [0.29, 0.717) is 23.9 Å². The molecule has 2 fully saturated rings. The number of halogens is 3. The molecule has 3 aromatic heterocycles. The Labute approximate surface area is 244 Å². The smallest absolute Gasteiger partial charge is 0.331 e. The van der Waals surface area contributed by atoms with E-state index in [4.69, 9.17) is 11.6 Å². The summed E-state index contributed by atoms with van der Waals surface area (Å²) in [5.74, 6) is 0. The van der Waals surface area contributed by atoms with Gasteiger partial charge in [0.15, 0.2) is 0 Å². The van der Waals surface area contributed by atoms with Crippen LogP contribution in [-0.2, 0) is 19.5 Å². The summed E-state index contributed by atoms with van der Waals surface area (Å²) in [7, 11) is 0. The van der Waals surface area contributed by atoms with Crippen LogP contribution >= 0.6 is 22.9 Å². The molecule has 7 nitrogen and oxygen atoms in total. The second-order valence-electron chi connectivity index (χ2n) is 11.5. The fraction of sp³-hybridized carbons (Fsp3) is 0.433. The highest BCUT2D eigenvalue weighted by Crippen LogP contribution is 2.51. The van der Waals surface area contributed by atoms with Crippen molar-refractivity contribution in [1.29, 1.82) is 0 Å². The number of pyridine rings is 1. The lowest BCUT2D eigenvalue weighted by Gasteiger charge is -2.38. The Kier molecular flexibility index (Phi) is 6.75. The van der Waals surface area contributed by atoms with E-state index in [2.05, 4.69) is 21.3 Å². The minimum atomic E-state index is -2.50. The van der Waals surface area contributed by atoms with Crippen LogP contribution in [-0.4, -0.2) is 46.2 Å². The first-order chi connectivity index (χ1) is 19.8. The third-order valence-corrected chi connectivity index (χ3v) is 10.2. The van der Waals surface area contributed by atoms with Crippen LogP contribution in [0.5, 0.6) is 0 Å². The first kappa shape index (κ1) is 26.8. The molecule has 1 saturated heterocycles. The van der Waals surface area contributed by atoms with E-state index in [1.807, 2.05) is 18.2 Å². The van der Waals surface area contributed by atoms with Crippen molar-refractivity contribution in [1.82, 2.24) is 19.4 Å². The molecule has 41 heavy (non-hydrogen) atoms. The number of hydrogen-bond donors (Lipinski definition) is 1. The quantitative estimate of drug-likeness (QED) is 0.319. The van der Waals surface area contributed by atoms with Crippen LogP contribution in [0.1, 0.15) is 36.1 Å². The normalized spacial score (nSPS) is 19.7. The number of aryl methyl sites for hydroxylation is 1. The van der Waals surface area contributed by atoms with Gasteiger partial charge in [0.1, 0.15) is 0 Å². The molecule has 0 amide bonds. The highest BCUT2D eigenvalue weighted by atomic mass is 35.5. The fourth-order valence-electron chi connectivity index (χ4n) is 6.41. The predicted molar refractivity (Wildman–Crippen MR) is 159 cm³/mol. The predicted octanol–water partition coefficient (Wildman–Crippen LogP) is 5.15. The van der Waals surface area contributed by atoms with Gasteiger partial charge in [-0.05, 0) is 68.5 Å². The van der Waals surface area contributed by atoms with Crippen LogP contribution in [0.25, 0.3) is 21.3 Å². The van der Waals surface area contributed by atoms with Gasteiger partial charge in [0, 0.05) is 76.3 Å². The van der Waals surface area contributed by atoms with Crippen molar-refractivity contribution >= 4 is 38.8 Å². The Balaban J connectivity index is 1.28. The average molecular weight is 598 g/mol. The van der Waals surface area contributed by atoms with Crippen LogP contribution in [0.3, 0.4) is 0 Å². The number of thiophene rings is 1. The number of aromatic nitrogens is 3. The van der Waals surface area contributed by atoms with E-state index in [0.717, 1.165) is 69.7 Å². The summed E-state index contributed by atoms with van der Waals surface area (Å²) < 4.78 is 30.4. The number of alkyl halides is 2. The van der Waals surface area contributed by atoms with Gasteiger partial charge in [-0.15, -0.1) is 11.3 Å². The fourth-order valence-corrected chi connectivity index (χ4v) is 7.79. The van der Waals surface area contributed by atoms with Crippen LogP contribution in [0, 0.1) is 5.41 Å². The van der Waals surface area contributed by atoms with Crippen molar-refractivity contribution in [3.8, 4) is 11.1 Å². The molecular weight excluding hydrogens is 568 g/mol. The Morgan fingerprint density at radius 1 is 1.17 bits per heavy atom. The minimum Gasteiger partial charge on any atom is -0.366 e. The molecule has 1 saturated carbocycles. The van der Waals surface area contributed by atoms with E-state index in [1.165, 1.54) is 39.4 Å². The Morgan fingerprint density at radius 3 is 2.78 bits per heavy atom. The van der Waals surface area contributed by atoms with E-state index >= 15 is 0 Å². The van der Waals surface area contributed by atoms with Crippen LogP contribution in [0.2, 0.25) is 5.02 Å². The van der Waals surface area contributed by atoms with Gasteiger partial charge in [-0.2, -0.15) is 0 Å². The van der Waals surface area contributed by atoms with Gasteiger partial charge in [0.05, 0.1) is 16.8 Å². The summed E-state index contributed by atoms with van der Waals surface area (Å²) in [5, 5.41) is 4.19.